The number of aliphatic hydroxyl groups is 1. The first-order valence-electron chi connectivity index (χ1n) is 6.95. The molecule has 1 aliphatic rings. The molecule has 0 aromatic carbocycles. The maximum atomic E-state index is 12.7. The molecule has 1 rings (SSSR count). The first-order chi connectivity index (χ1) is 8.65. The van der Waals surface area contributed by atoms with Crippen LogP contribution in [0.2, 0.25) is 0 Å². The van der Waals surface area contributed by atoms with Gasteiger partial charge in [0.05, 0.1) is 17.6 Å². The molecule has 0 bridgehead atoms. The van der Waals surface area contributed by atoms with Crippen molar-refractivity contribution in [3.05, 3.63) is 0 Å². The molecule has 1 aliphatic carbocycles. The molecule has 0 aromatic heterocycles. The summed E-state index contributed by atoms with van der Waals surface area (Å²) in [6.07, 6.45) is -2.10. The molecule has 3 unspecified atom stereocenters. The largest absolute Gasteiger partial charge is 0.393 e. The van der Waals surface area contributed by atoms with Crippen LogP contribution in [0.5, 0.6) is 0 Å². The average Bonchev–Trinajstić information content (AvgIpc) is 2.35. The lowest BCUT2D eigenvalue weighted by atomic mass is 9.77. The van der Waals surface area contributed by atoms with Crippen LogP contribution >= 0.6 is 0 Å². The summed E-state index contributed by atoms with van der Waals surface area (Å²) >= 11 is 0. The van der Waals surface area contributed by atoms with E-state index in [0.717, 1.165) is 0 Å². The van der Waals surface area contributed by atoms with Crippen LogP contribution < -0.4 is 0 Å². The van der Waals surface area contributed by atoms with Gasteiger partial charge in [-0.05, 0) is 51.9 Å². The molecular formula is C14H25F3O2. The second-order valence-electron chi connectivity index (χ2n) is 6.24. The van der Waals surface area contributed by atoms with E-state index in [-0.39, 0.29) is 24.4 Å². The maximum absolute atomic E-state index is 12.7. The minimum atomic E-state index is -4.12. The van der Waals surface area contributed by atoms with Crippen LogP contribution in [0.15, 0.2) is 0 Å². The molecule has 5 heteroatoms. The van der Waals surface area contributed by atoms with Gasteiger partial charge in [-0.2, -0.15) is 13.2 Å². The molecule has 114 valence electrons. The van der Waals surface area contributed by atoms with Gasteiger partial charge >= 0.3 is 6.18 Å². The Morgan fingerprint density at radius 1 is 1.26 bits per heavy atom. The maximum Gasteiger partial charge on any atom is 0.391 e. The lowest BCUT2D eigenvalue weighted by Crippen LogP contribution is -2.34. The summed E-state index contributed by atoms with van der Waals surface area (Å²) in [5.41, 5.74) is -0.334. The molecule has 1 N–H and O–H groups in total. The van der Waals surface area contributed by atoms with Crippen molar-refractivity contribution in [3.63, 3.8) is 0 Å². The molecule has 0 aliphatic heterocycles. The smallest absolute Gasteiger partial charge is 0.391 e. The predicted molar refractivity (Wildman–Crippen MR) is 67.8 cm³/mol. The number of ether oxygens (including phenoxy) is 1. The Bertz CT molecular complexity index is 276. The highest BCUT2D eigenvalue weighted by Gasteiger charge is 2.43. The van der Waals surface area contributed by atoms with Gasteiger partial charge in [0.25, 0.3) is 0 Å². The predicted octanol–water partition coefficient (Wildman–Crippen LogP) is 3.92. The van der Waals surface area contributed by atoms with E-state index in [1.165, 1.54) is 0 Å². The Morgan fingerprint density at radius 3 is 2.42 bits per heavy atom. The molecule has 1 saturated carbocycles. The van der Waals surface area contributed by atoms with Gasteiger partial charge in [-0.3, -0.25) is 0 Å². The normalized spacial score (nSPS) is 27.3. The van der Waals surface area contributed by atoms with Gasteiger partial charge in [-0.25, -0.2) is 0 Å². The van der Waals surface area contributed by atoms with E-state index in [2.05, 4.69) is 0 Å². The van der Waals surface area contributed by atoms with Crippen molar-refractivity contribution in [1.29, 1.82) is 0 Å². The van der Waals surface area contributed by atoms with Crippen LogP contribution in [-0.2, 0) is 4.74 Å². The van der Waals surface area contributed by atoms with Crippen LogP contribution in [0.1, 0.15) is 52.4 Å². The Morgan fingerprint density at radius 2 is 1.89 bits per heavy atom. The molecule has 2 nitrogen and oxygen atoms in total. The molecule has 19 heavy (non-hydrogen) atoms. The lowest BCUT2D eigenvalue weighted by Gasteiger charge is -2.34. The first kappa shape index (κ1) is 16.8. The SMILES string of the molecule is COC(C)(C)CCC(O)C1CCCC(C(F)(F)F)C1. The van der Waals surface area contributed by atoms with Crippen molar-refractivity contribution in [2.45, 2.75) is 70.3 Å². The van der Waals surface area contributed by atoms with Crippen molar-refractivity contribution >= 4 is 0 Å². The number of aliphatic hydroxyl groups excluding tert-OH is 1. The Balaban J connectivity index is 2.46. The van der Waals surface area contributed by atoms with Gasteiger partial charge < -0.3 is 9.84 Å². The molecule has 0 amide bonds. The summed E-state index contributed by atoms with van der Waals surface area (Å²) in [4.78, 5) is 0. The fourth-order valence-electron chi connectivity index (χ4n) is 2.71. The van der Waals surface area contributed by atoms with Gasteiger partial charge in [0.15, 0.2) is 0 Å². The summed E-state index contributed by atoms with van der Waals surface area (Å²) in [7, 11) is 1.60. The fraction of sp³-hybridized carbons (Fsp3) is 1.00. The molecule has 0 heterocycles. The minimum Gasteiger partial charge on any atom is -0.393 e. The number of alkyl halides is 3. The van der Waals surface area contributed by atoms with Crippen LogP contribution in [0.4, 0.5) is 13.2 Å². The molecular weight excluding hydrogens is 257 g/mol. The second kappa shape index (κ2) is 6.44. The van der Waals surface area contributed by atoms with Gasteiger partial charge in [0.1, 0.15) is 0 Å². The van der Waals surface area contributed by atoms with E-state index in [1.807, 2.05) is 13.8 Å². The molecule has 0 saturated heterocycles. The standard InChI is InChI=1S/C14H25F3O2/c1-13(2,19-3)8-7-12(18)10-5-4-6-11(9-10)14(15,16)17/h10-12,18H,4-9H2,1-3H3. The van der Waals surface area contributed by atoms with E-state index < -0.39 is 18.2 Å². The van der Waals surface area contributed by atoms with Gasteiger partial charge in [-0.1, -0.05) is 6.42 Å². The van der Waals surface area contributed by atoms with Crippen molar-refractivity contribution in [3.8, 4) is 0 Å². The average molecular weight is 282 g/mol. The Labute approximate surface area is 113 Å². The van der Waals surface area contributed by atoms with E-state index in [9.17, 15) is 18.3 Å². The zero-order chi connectivity index (χ0) is 14.7. The lowest BCUT2D eigenvalue weighted by molar-refractivity contribution is -0.189. The van der Waals surface area contributed by atoms with E-state index >= 15 is 0 Å². The van der Waals surface area contributed by atoms with E-state index in [1.54, 1.807) is 7.11 Å². The number of rotatable bonds is 5. The third kappa shape index (κ3) is 5.30. The third-order valence-corrected chi connectivity index (χ3v) is 4.32. The van der Waals surface area contributed by atoms with Crippen LogP contribution in [0, 0.1) is 11.8 Å². The molecule has 0 spiro atoms. The summed E-state index contributed by atoms with van der Waals surface area (Å²) in [5, 5.41) is 10.1. The molecule has 0 aromatic rings. The zero-order valence-electron chi connectivity index (χ0n) is 12.0. The zero-order valence-corrected chi connectivity index (χ0v) is 12.0. The van der Waals surface area contributed by atoms with Crippen LogP contribution in [0.25, 0.3) is 0 Å². The van der Waals surface area contributed by atoms with Crippen molar-refractivity contribution in [2.24, 2.45) is 11.8 Å². The Hall–Kier alpha value is -0.290. The summed E-state index contributed by atoms with van der Waals surface area (Å²) < 4.78 is 43.4. The molecule has 0 radical (unpaired) electrons. The summed E-state index contributed by atoms with van der Waals surface area (Å²) in [6.45, 7) is 3.83. The molecule has 1 fully saturated rings. The number of halogens is 3. The highest BCUT2D eigenvalue weighted by atomic mass is 19.4. The van der Waals surface area contributed by atoms with Gasteiger partial charge in [-0.15, -0.1) is 0 Å². The van der Waals surface area contributed by atoms with Crippen molar-refractivity contribution in [2.75, 3.05) is 7.11 Å². The fourth-order valence-corrected chi connectivity index (χ4v) is 2.71. The van der Waals surface area contributed by atoms with Crippen LogP contribution in [0.3, 0.4) is 0 Å². The summed E-state index contributed by atoms with van der Waals surface area (Å²) in [5.74, 6) is -1.47. The highest BCUT2D eigenvalue weighted by molar-refractivity contribution is 4.83. The van der Waals surface area contributed by atoms with Gasteiger partial charge in [0.2, 0.25) is 0 Å². The highest BCUT2D eigenvalue weighted by Crippen LogP contribution is 2.41. The van der Waals surface area contributed by atoms with Crippen molar-refractivity contribution < 1.29 is 23.0 Å². The number of methoxy groups -OCH3 is 1. The minimum absolute atomic E-state index is 0.0675. The molecule has 3 atom stereocenters. The monoisotopic (exact) mass is 282 g/mol. The van der Waals surface area contributed by atoms with Gasteiger partial charge in [0, 0.05) is 7.11 Å². The second-order valence-corrected chi connectivity index (χ2v) is 6.24. The summed E-state index contributed by atoms with van der Waals surface area (Å²) in [6, 6.07) is 0. The van der Waals surface area contributed by atoms with E-state index in [4.69, 9.17) is 4.74 Å². The Kier molecular flexibility index (Phi) is 5.68. The van der Waals surface area contributed by atoms with Crippen molar-refractivity contribution in [1.82, 2.24) is 0 Å². The topological polar surface area (TPSA) is 29.5 Å². The third-order valence-electron chi connectivity index (χ3n) is 4.32. The quantitative estimate of drug-likeness (QED) is 0.828. The van der Waals surface area contributed by atoms with Crippen LogP contribution in [-0.4, -0.2) is 30.1 Å². The van der Waals surface area contributed by atoms with E-state index in [0.29, 0.717) is 25.7 Å². The number of hydrogen-bond donors (Lipinski definition) is 1. The number of hydrogen-bond acceptors (Lipinski definition) is 2. The first-order valence-corrected chi connectivity index (χ1v) is 6.95.